The Morgan fingerprint density at radius 3 is 1.96 bits per heavy atom. The van der Waals surface area contributed by atoms with Gasteiger partial charge in [0.15, 0.2) is 0 Å². The Morgan fingerprint density at radius 2 is 1.38 bits per heavy atom. The molecule has 0 heterocycles. The molecule has 0 radical (unpaired) electrons. The Hall–Kier alpha value is -1.57. The largest absolute Gasteiger partial charge is 0.434 e. The van der Waals surface area contributed by atoms with Crippen LogP contribution in [0.3, 0.4) is 0 Å². The molecule has 134 valence electrons. The fourth-order valence-corrected chi connectivity index (χ4v) is 2.75. The second-order valence-corrected chi connectivity index (χ2v) is 6.49. The van der Waals surface area contributed by atoms with Gasteiger partial charge in [-0.2, -0.15) is 0 Å². The summed E-state index contributed by atoms with van der Waals surface area (Å²) < 4.78 is 5.12. The molecule has 1 aromatic carbocycles. The zero-order chi connectivity index (χ0) is 17.3. The van der Waals surface area contributed by atoms with Crippen molar-refractivity contribution < 1.29 is 9.53 Å². The van der Waals surface area contributed by atoms with E-state index in [2.05, 4.69) is 6.92 Å². The molecule has 0 N–H and O–H groups in total. The van der Waals surface area contributed by atoms with Gasteiger partial charge in [-0.05, 0) is 18.1 Å². The zero-order valence-corrected chi connectivity index (χ0v) is 15.3. The maximum Gasteiger partial charge on any atom is 0.310 e. The normalized spacial score (nSPS) is 11.0. The van der Waals surface area contributed by atoms with Crippen LogP contribution in [0.4, 0.5) is 0 Å². The average molecular weight is 331 g/mol. The maximum atomic E-state index is 11.6. The van der Waals surface area contributed by atoms with Crippen molar-refractivity contribution in [3.05, 3.63) is 42.2 Å². The van der Waals surface area contributed by atoms with Gasteiger partial charge < -0.3 is 4.74 Å². The molecule has 2 heteroatoms. The fraction of sp³-hybridized carbons (Fsp3) is 0.591. The van der Waals surface area contributed by atoms with Crippen LogP contribution >= 0.6 is 0 Å². The first-order chi connectivity index (χ1) is 11.8. The minimum Gasteiger partial charge on any atom is -0.434 e. The van der Waals surface area contributed by atoms with Crippen LogP contribution in [0.5, 0.6) is 0 Å². The smallest absolute Gasteiger partial charge is 0.310 e. The molecular weight excluding hydrogens is 296 g/mol. The zero-order valence-electron chi connectivity index (χ0n) is 15.3. The molecule has 2 nitrogen and oxygen atoms in total. The average Bonchev–Trinajstić information content (AvgIpc) is 2.60. The summed E-state index contributed by atoms with van der Waals surface area (Å²) in [7, 11) is 0. The molecule has 1 rings (SSSR count). The number of benzene rings is 1. The van der Waals surface area contributed by atoms with Crippen molar-refractivity contribution in [1.82, 2.24) is 0 Å². The fourth-order valence-electron chi connectivity index (χ4n) is 2.75. The van der Waals surface area contributed by atoms with Crippen molar-refractivity contribution in [2.45, 2.75) is 84.0 Å². The van der Waals surface area contributed by atoms with Crippen LogP contribution in [0.15, 0.2) is 36.6 Å². The molecule has 0 aliphatic carbocycles. The lowest BCUT2D eigenvalue weighted by Gasteiger charge is -2.02. The van der Waals surface area contributed by atoms with Crippen molar-refractivity contribution >= 4 is 12.0 Å². The molecule has 0 amide bonds. The van der Waals surface area contributed by atoms with E-state index in [1.165, 1.54) is 64.0 Å². The van der Waals surface area contributed by atoms with Crippen LogP contribution < -0.4 is 0 Å². The molecule has 0 unspecified atom stereocenters. The van der Waals surface area contributed by atoms with Crippen LogP contribution in [0.25, 0.3) is 6.08 Å². The lowest BCUT2D eigenvalue weighted by Crippen LogP contribution is -1.98. The van der Waals surface area contributed by atoms with Gasteiger partial charge in [0, 0.05) is 6.42 Å². The molecule has 0 saturated carbocycles. The van der Waals surface area contributed by atoms with Gasteiger partial charge in [0.05, 0.1) is 6.26 Å². The highest BCUT2D eigenvalue weighted by molar-refractivity contribution is 5.70. The van der Waals surface area contributed by atoms with Gasteiger partial charge in [0.2, 0.25) is 0 Å². The first-order valence-corrected chi connectivity index (χ1v) is 9.74. The SMILES string of the molecule is CCCCCCCCCCCCCC(=O)O/C=C/c1ccccc1. The Morgan fingerprint density at radius 1 is 0.833 bits per heavy atom. The summed E-state index contributed by atoms with van der Waals surface area (Å²) in [5.74, 6) is -0.127. The highest BCUT2D eigenvalue weighted by Crippen LogP contribution is 2.12. The summed E-state index contributed by atoms with van der Waals surface area (Å²) >= 11 is 0. The molecule has 24 heavy (non-hydrogen) atoms. The van der Waals surface area contributed by atoms with Crippen LogP contribution in [0.1, 0.15) is 89.5 Å². The van der Waals surface area contributed by atoms with Crippen molar-refractivity contribution in [3.63, 3.8) is 0 Å². The van der Waals surface area contributed by atoms with E-state index in [1.54, 1.807) is 0 Å². The van der Waals surface area contributed by atoms with Crippen molar-refractivity contribution in [2.24, 2.45) is 0 Å². The molecule has 0 atom stereocenters. The van der Waals surface area contributed by atoms with Crippen LogP contribution in [-0.2, 0) is 9.53 Å². The standard InChI is InChI=1S/C22H34O2/c1-2-3-4-5-6-7-8-9-10-11-15-18-22(23)24-20-19-21-16-13-12-14-17-21/h12-14,16-17,19-20H,2-11,15,18H2,1H3/b20-19+. The van der Waals surface area contributed by atoms with Gasteiger partial charge in [0.1, 0.15) is 0 Å². The third kappa shape index (κ3) is 11.9. The molecular formula is C22H34O2. The minimum atomic E-state index is -0.127. The lowest BCUT2D eigenvalue weighted by molar-refractivity contribution is -0.138. The Labute approximate surface area is 148 Å². The van der Waals surface area contributed by atoms with E-state index < -0.39 is 0 Å². The maximum absolute atomic E-state index is 11.6. The predicted octanol–water partition coefficient (Wildman–Crippen LogP) is 6.90. The third-order valence-electron chi connectivity index (χ3n) is 4.24. The molecule has 1 aromatic rings. The minimum absolute atomic E-state index is 0.127. The lowest BCUT2D eigenvalue weighted by atomic mass is 10.1. The van der Waals surface area contributed by atoms with E-state index in [0.717, 1.165) is 18.4 Å². The summed E-state index contributed by atoms with van der Waals surface area (Å²) in [6, 6.07) is 9.86. The van der Waals surface area contributed by atoms with Gasteiger partial charge in [-0.1, -0.05) is 101 Å². The third-order valence-corrected chi connectivity index (χ3v) is 4.24. The van der Waals surface area contributed by atoms with Gasteiger partial charge in [0.25, 0.3) is 0 Å². The Balaban J connectivity index is 1.88. The summed E-state index contributed by atoms with van der Waals surface area (Å²) in [4.78, 5) is 11.6. The van der Waals surface area contributed by atoms with Gasteiger partial charge in [-0.25, -0.2) is 0 Å². The van der Waals surface area contributed by atoms with Gasteiger partial charge >= 0.3 is 5.97 Å². The van der Waals surface area contributed by atoms with E-state index in [9.17, 15) is 4.79 Å². The van der Waals surface area contributed by atoms with E-state index >= 15 is 0 Å². The molecule has 0 fully saturated rings. The molecule has 0 spiro atoms. The highest BCUT2D eigenvalue weighted by atomic mass is 16.5. The topological polar surface area (TPSA) is 26.3 Å². The summed E-state index contributed by atoms with van der Waals surface area (Å²) in [5, 5.41) is 0. The summed E-state index contributed by atoms with van der Waals surface area (Å²) in [6.45, 7) is 2.26. The van der Waals surface area contributed by atoms with Gasteiger partial charge in [-0.15, -0.1) is 0 Å². The van der Waals surface area contributed by atoms with Crippen LogP contribution in [0, 0.1) is 0 Å². The number of ether oxygens (including phenoxy) is 1. The van der Waals surface area contributed by atoms with E-state index in [1.807, 2.05) is 36.4 Å². The van der Waals surface area contributed by atoms with Crippen molar-refractivity contribution in [1.29, 1.82) is 0 Å². The number of carbonyl (C=O) groups excluding carboxylic acids is 1. The quantitative estimate of drug-likeness (QED) is 0.211. The van der Waals surface area contributed by atoms with E-state index in [-0.39, 0.29) is 5.97 Å². The Bertz CT molecular complexity index is 437. The molecule has 0 aliphatic rings. The summed E-state index contributed by atoms with van der Waals surface area (Å²) in [6.07, 6.45) is 18.1. The second-order valence-electron chi connectivity index (χ2n) is 6.49. The van der Waals surface area contributed by atoms with Crippen molar-refractivity contribution in [3.8, 4) is 0 Å². The number of hydrogen-bond donors (Lipinski definition) is 0. The molecule has 0 saturated heterocycles. The molecule has 0 bridgehead atoms. The number of esters is 1. The number of rotatable bonds is 14. The number of unbranched alkanes of at least 4 members (excludes halogenated alkanes) is 10. The van der Waals surface area contributed by atoms with Crippen LogP contribution in [0.2, 0.25) is 0 Å². The molecule has 0 aromatic heterocycles. The molecule has 0 aliphatic heterocycles. The first-order valence-electron chi connectivity index (χ1n) is 9.74. The number of carbonyl (C=O) groups is 1. The second kappa shape index (κ2) is 15.0. The van der Waals surface area contributed by atoms with E-state index in [0.29, 0.717) is 6.42 Å². The number of hydrogen-bond acceptors (Lipinski definition) is 2. The monoisotopic (exact) mass is 330 g/mol. The highest BCUT2D eigenvalue weighted by Gasteiger charge is 2.00. The Kier molecular flexibility index (Phi) is 12.8. The van der Waals surface area contributed by atoms with Gasteiger partial charge in [-0.3, -0.25) is 4.79 Å². The predicted molar refractivity (Wildman–Crippen MR) is 103 cm³/mol. The first kappa shape index (κ1) is 20.5. The van der Waals surface area contributed by atoms with Crippen molar-refractivity contribution in [2.75, 3.05) is 0 Å². The van der Waals surface area contributed by atoms with Crippen LogP contribution in [-0.4, -0.2) is 5.97 Å². The summed E-state index contributed by atoms with van der Waals surface area (Å²) in [5.41, 5.74) is 1.04. The van der Waals surface area contributed by atoms with E-state index in [4.69, 9.17) is 4.74 Å².